The van der Waals surface area contributed by atoms with Crippen molar-refractivity contribution in [3.63, 3.8) is 0 Å². The second-order valence-corrected chi connectivity index (χ2v) is 11.3. The van der Waals surface area contributed by atoms with Crippen LogP contribution >= 0.6 is 0 Å². The molecule has 0 unspecified atom stereocenters. The normalized spacial score (nSPS) is 48.7. The average Bonchev–Trinajstić information content (AvgIpc) is 2.93. The molecule has 0 heterocycles. The van der Waals surface area contributed by atoms with Crippen LogP contribution in [0, 0.1) is 34.5 Å². The quantitative estimate of drug-likeness (QED) is 0.673. The highest BCUT2D eigenvalue weighted by Crippen LogP contribution is 2.68. The third kappa shape index (κ3) is 3.22. The molecule has 0 aromatic heterocycles. The van der Waals surface area contributed by atoms with Crippen LogP contribution in [0.1, 0.15) is 92.4 Å². The Morgan fingerprint density at radius 3 is 2.30 bits per heavy atom. The molecular formula is C25H40O5. The molecule has 0 bridgehead atoms. The molecule has 4 fully saturated rings. The van der Waals surface area contributed by atoms with Gasteiger partial charge in [0.2, 0.25) is 0 Å². The van der Waals surface area contributed by atoms with E-state index in [4.69, 9.17) is 9.47 Å². The number of carbonyl (C=O) groups is 2. The highest BCUT2D eigenvalue weighted by atomic mass is 16.6. The van der Waals surface area contributed by atoms with Gasteiger partial charge in [-0.05, 0) is 93.8 Å². The van der Waals surface area contributed by atoms with Crippen molar-refractivity contribution in [2.24, 2.45) is 34.5 Å². The number of hydrogen-bond acceptors (Lipinski definition) is 5. The molecule has 0 amide bonds. The fraction of sp³-hybridized carbons (Fsp3) is 0.920. The predicted molar refractivity (Wildman–Crippen MR) is 113 cm³/mol. The summed E-state index contributed by atoms with van der Waals surface area (Å²) in [5.41, 5.74) is -0.816. The predicted octanol–water partition coefficient (Wildman–Crippen LogP) is 4.64. The van der Waals surface area contributed by atoms with Gasteiger partial charge in [0, 0.05) is 19.3 Å². The van der Waals surface area contributed by atoms with Gasteiger partial charge in [-0.1, -0.05) is 13.8 Å². The SMILES string of the molecule is CC(=O)O[C@H]1CC[C@@]2(C)[C@@H](CC[C@H]3[C@H]2CC[C@@]2(C)[C@H]3CC[C@@]2(O)[C@@H](C)OC(C)=O)C1. The van der Waals surface area contributed by atoms with E-state index in [-0.39, 0.29) is 23.5 Å². The van der Waals surface area contributed by atoms with Gasteiger partial charge in [-0.2, -0.15) is 0 Å². The zero-order chi connectivity index (χ0) is 21.9. The summed E-state index contributed by atoms with van der Waals surface area (Å²) >= 11 is 0. The number of carbonyl (C=O) groups excluding carboxylic acids is 2. The lowest BCUT2D eigenvalue weighted by molar-refractivity contribution is -0.201. The Labute approximate surface area is 181 Å². The summed E-state index contributed by atoms with van der Waals surface area (Å²) in [7, 11) is 0. The molecule has 0 spiro atoms. The van der Waals surface area contributed by atoms with E-state index in [1.165, 1.54) is 26.7 Å². The lowest BCUT2D eigenvalue weighted by Crippen LogP contribution is -2.60. The van der Waals surface area contributed by atoms with Crippen molar-refractivity contribution >= 4 is 11.9 Å². The van der Waals surface area contributed by atoms with Crippen LogP contribution in [0.5, 0.6) is 0 Å². The number of aliphatic hydroxyl groups is 1. The molecule has 5 nitrogen and oxygen atoms in total. The molecule has 4 rings (SSSR count). The summed E-state index contributed by atoms with van der Waals surface area (Å²) in [4.78, 5) is 23.0. The lowest BCUT2D eigenvalue weighted by Gasteiger charge is -2.62. The lowest BCUT2D eigenvalue weighted by atomic mass is 9.44. The molecule has 0 aliphatic heterocycles. The van der Waals surface area contributed by atoms with E-state index in [0.29, 0.717) is 29.1 Å². The Morgan fingerprint density at radius 2 is 1.63 bits per heavy atom. The first-order valence-corrected chi connectivity index (χ1v) is 12.1. The fourth-order valence-electron chi connectivity index (χ4n) is 8.63. The van der Waals surface area contributed by atoms with Gasteiger partial charge in [-0.15, -0.1) is 0 Å². The van der Waals surface area contributed by atoms with E-state index in [1.54, 1.807) is 0 Å². The third-order valence-corrected chi connectivity index (χ3v) is 10.2. The van der Waals surface area contributed by atoms with Crippen LogP contribution < -0.4 is 0 Å². The standard InChI is InChI=1S/C25H40O5/c1-15(29-16(2)26)25(28)13-10-22-20-7-6-18-14-19(30-17(3)27)8-11-23(18,4)21(20)9-12-24(22,25)5/h15,18-22,28H,6-14H2,1-5H3/t15-,18+,19+,20+,21-,22+,23+,24+,25-/m1/s1. The maximum absolute atomic E-state index is 11.7. The summed E-state index contributed by atoms with van der Waals surface area (Å²) in [6.07, 6.45) is 9.02. The molecular weight excluding hydrogens is 380 g/mol. The monoisotopic (exact) mass is 420 g/mol. The van der Waals surface area contributed by atoms with E-state index in [9.17, 15) is 14.7 Å². The topological polar surface area (TPSA) is 72.8 Å². The Hall–Kier alpha value is -1.10. The Bertz CT molecular complexity index is 706. The van der Waals surface area contributed by atoms with Crippen molar-refractivity contribution in [3.05, 3.63) is 0 Å². The third-order valence-electron chi connectivity index (χ3n) is 10.2. The molecule has 170 valence electrons. The van der Waals surface area contributed by atoms with Crippen molar-refractivity contribution in [1.29, 1.82) is 0 Å². The molecule has 0 aromatic rings. The van der Waals surface area contributed by atoms with Crippen LogP contribution in [0.25, 0.3) is 0 Å². The summed E-state index contributed by atoms with van der Waals surface area (Å²) in [6.45, 7) is 9.57. The van der Waals surface area contributed by atoms with Gasteiger partial charge in [0.05, 0.1) is 0 Å². The van der Waals surface area contributed by atoms with E-state index < -0.39 is 11.7 Å². The second-order valence-electron chi connectivity index (χ2n) is 11.3. The second kappa shape index (κ2) is 7.50. The number of hydrogen-bond donors (Lipinski definition) is 1. The van der Waals surface area contributed by atoms with Gasteiger partial charge < -0.3 is 14.6 Å². The van der Waals surface area contributed by atoms with Crippen molar-refractivity contribution < 1.29 is 24.2 Å². The van der Waals surface area contributed by atoms with E-state index >= 15 is 0 Å². The highest BCUT2D eigenvalue weighted by Gasteiger charge is 2.66. The first-order valence-electron chi connectivity index (χ1n) is 12.1. The zero-order valence-corrected chi connectivity index (χ0v) is 19.4. The van der Waals surface area contributed by atoms with Crippen molar-refractivity contribution in [1.82, 2.24) is 0 Å². The van der Waals surface area contributed by atoms with Gasteiger partial charge in [0.15, 0.2) is 0 Å². The molecule has 4 aliphatic rings. The van der Waals surface area contributed by atoms with Crippen LogP contribution in [-0.4, -0.2) is 34.9 Å². The average molecular weight is 421 g/mol. The molecule has 4 aliphatic carbocycles. The van der Waals surface area contributed by atoms with Gasteiger partial charge in [0.1, 0.15) is 17.8 Å². The summed E-state index contributed by atoms with van der Waals surface area (Å²) in [5.74, 6) is 1.96. The smallest absolute Gasteiger partial charge is 0.302 e. The van der Waals surface area contributed by atoms with Crippen molar-refractivity contribution in [2.75, 3.05) is 0 Å². The first-order chi connectivity index (χ1) is 14.0. The highest BCUT2D eigenvalue weighted by molar-refractivity contribution is 5.66. The summed E-state index contributed by atoms with van der Waals surface area (Å²) in [6, 6.07) is 0. The van der Waals surface area contributed by atoms with Crippen molar-refractivity contribution in [3.8, 4) is 0 Å². The van der Waals surface area contributed by atoms with Crippen LogP contribution in [0.2, 0.25) is 0 Å². The molecule has 0 radical (unpaired) electrons. The summed E-state index contributed by atoms with van der Waals surface area (Å²) < 4.78 is 11.1. The largest absolute Gasteiger partial charge is 0.463 e. The molecule has 30 heavy (non-hydrogen) atoms. The molecule has 9 atom stereocenters. The number of ether oxygens (including phenoxy) is 2. The minimum Gasteiger partial charge on any atom is -0.463 e. The van der Waals surface area contributed by atoms with Crippen LogP contribution in [0.4, 0.5) is 0 Å². The minimum absolute atomic E-state index is 0.0899. The molecule has 4 saturated carbocycles. The van der Waals surface area contributed by atoms with E-state index in [0.717, 1.165) is 44.9 Å². The van der Waals surface area contributed by atoms with Gasteiger partial charge in [-0.25, -0.2) is 0 Å². The van der Waals surface area contributed by atoms with Gasteiger partial charge >= 0.3 is 11.9 Å². The van der Waals surface area contributed by atoms with Crippen LogP contribution in [-0.2, 0) is 19.1 Å². The maximum Gasteiger partial charge on any atom is 0.302 e. The number of fused-ring (bicyclic) bond motifs is 5. The molecule has 5 heteroatoms. The number of rotatable bonds is 3. The minimum atomic E-state index is -0.932. The zero-order valence-electron chi connectivity index (χ0n) is 19.4. The van der Waals surface area contributed by atoms with E-state index in [2.05, 4.69) is 13.8 Å². The van der Waals surface area contributed by atoms with Gasteiger partial charge in [-0.3, -0.25) is 9.59 Å². The molecule has 1 N–H and O–H groups in total. The van der Waals surface area contributed by atoms with Gasteiger partial charge in [0.25, 0.3) is 0 Å². The molecule has 0 aromatic carbocycles. The van der Waals surface area contributed by atoms with Crippen LogP contribution in [0.3, 0.4) is 0 Å². The molecule has 0 saturated heterocycles. The first kappa shape index (κ1) is 22.1. The Balaban J connectivity index is 1.54. The maximum atomic E-state index is 11.7. The van der Waals surface area contributed by atoms with E-state index in [1.807, 2.05) is 6.92 Å². The Kier molecular flexibility index (Phi) is 5.52. The fourth-order valence-corrected chi connectivity index (χ4v) is 8.63. The summed E-state index contributed by atoms with van der Waals surface area (Å²) in [5, 5.41) is 11.7. The number of esters is 2. The Morgan fingerprint density at radius 1 is 0.933 bits per heavy atom. The van der Waals surface area contributed by atoms with Crippen molar-refractivity contribution in [2.45, 2.75) is 110 Å². The van der Waals surface area contributed by atoms with Crippen LogP contribution in [0.15, 0.2) is 0 Å².